The van der Waals surface area contributed by atoms with Crippen LogP contribution in [-0.2, 0) is 38.1 Å². The Labute approximate surface area is 621 Å². The van der Waals surface area contributed by atoms with Crippen LogP contribution in [0.2, 0.25) is 0 Å². The van der Waals surface area contributed by atoms with E-state index in [2.05, 4.69) is 65.2 Å². The summed E-state index contributed by atoms with van der Waals surface area (Å²) < 4.78 is 24.3. The largest absolute Gasteiger partial charge is 0.465 e. The Morgan fingerprint density at radius 1 is 0.270 bits per heavy atom. The van der Waals surface area contributed by atoms with Gasteiger partial charge in [0.1, 0.15) is 12.2 Å². The molecule has 0 aliphatic carbocycles. The predicted molar refractivity (Wildman–Crippen MR) is 425 cm³/mol. The average Bonchev–Trinajstić information content (AvgIpc) is 0.948. The molecule has 0 spiro atoms. The molecule has 0 rings (SSSR count). The van der Waals surface area contributed by atoms with Gasteiger partial charge in [0.2, 0.25) is 0 Å². The summed E-state index contributed by atoms with van der Waals surface area (Å²) in [4.78, 5) is 56.9. The van der Waals surface area contributed by atoms with Gasteiger partial charge in [-0.05, 0) is 146 Å². The zero-order valence-electron chi connectivity index (χ0n) is 68.0. The van der Waals surface area contributed by atoms with Gasteiger partial charge in [0.05, 0.1) is 26.4 Å². The van der Waals surface area contributed by atoms with Gasteiger partial charge in [-0.15, -0.1) is 0 Å². The molecule has 0 aromatic rings. The lowest BCUT2D eigenvalue weighted by atomic mass is 9.79. The highest BCUT2D eigenvalue weighted by atomic mass is 16.6. The van der Waals surface area contributed by atoms with Crippen LogP contribution in [-0.4, -0.2) is 122 Å². The van der Waals surface area contributed by atoms with Gasteiger partial charge in [0, 0.05) is 38.8 Å². The van der Waals surface area contributed by atoms with Crippen LogP contribution in [0, 0.1) is 23.7 Å². The molecule has 0 saturated carbocycles. The third-order valence-corrected chi connectivity index (χ3v) is 21.7. The van der Waals surface area contributed by atoms with Gasteiger partial charge in [-0.3, -0.25) is 19.2 Å². The molecule has 0 aliphatic rings. The summed E-state index contributed by atoms with van der Waals surface area (Å²) >= 11 is 0. The first-order valence-corrected chi connectivity index (χ1v) is 44.3. The second kappa shape index (κ2) is 76.4. The second-order valence-corrected chi connectivity index (χ2v) is 31.1. The number of nitrogens with zero attached hydrogens (tertiary/aromatic N) is 2. The lowest BCUT2D eigenvalue weighted by Crippen LogP contribution is -2.30. The molecule has 6 atom stereocenters. The van der Waals surface area contributed by atoms with Gasteiger partial charge in [0.25, 0.3) is 0 Å². The van der Waals surface area contributed by atoms with E-state index in [0.29, 0.717) is 102 Å². The smallest absolute Gasteiger partial charge is 0.306 e. The van der Waals surface area contributed by atoms with E-state index in [-0.39, 0.29) is 49.3 Å². The van der Waals surface area contributed by atoms with Crippen molar-refractivity contribution < 1.29 is 48.3 Å². The van der Waals surface area contributed by atoms with Crippen molar-refractivity contribution in [2.75, 3.05) is 65.7 Å². The number of rotatable bonds is 81. The van der Waals surface area contributed by atoms with E-state index < -0.39 is 0 Å². The molecule has 0 heterocycles. The van der Waals surface area contributed by atoms with Gasteiger partial charge in [-0.2, -0.15) is 0 Å². The number of ether oxygens (including phenoxy) is 4. The summed E-state index contributed by atoms with van der Waals surface area (Å²) in [5.74, 6) is 1.73. The van der Waals surface area contributed by atoms with Crippen molar-refractivity contribution in [1.29, 1.82) is 0 Å². The number of carbonyl (C=O) groups is 4. The lowest BCUT2D eigenvalue weighted by molar-refractivity contribution is -0.151. The van der Waals surface area contributed by atoms with E-state index in [0.717, 1.165) is 180 Å². The van der Waals surface area contributed by atoms with Crippen molar-refractivity contribution in [3.05, 3.63) is 0 Å². The quantitative estimate of drug-likeness (QED) is 0.0339. The van der Waals surface area contributed by atoms with Crippen molar-refractivity contribution in [3.63, 3.8) is 0 Å². The Hall–Kier alpha value is -2.28. The monoisotopic (exact) mass is 1420 g/mol. The van der Waals surface area contributed by atoms with Gasteiger partial charge in [0.15, 0.2) is 0 Å². The SMILES string of the molecule is CCCCCCCCCCC(CCCCCCCC)COC(=O)CCCN(CCO)CCCC(=O)OCC(CCCCCCCCCC)CCCCCC(CC)C(CCC)CC(CCCC)OC(=O)CCCCCCCN(CCO)CCCCCCCC(=O)OC(CCCC)CCCCC. The Morgan fingerprint density at radius 2 is 0.570 bits per heavy atom. The number of aliphatic hydroxyl groups is 2. The van der Waals surface area contributed by atoms with Crippen molar-refractivity contribution in [2.24, 2.45) is 23.7 Å². The van der Waals surface area contributed by atoms with Crippen LogP contribution < -0.4 is 0 Å². The number of hydrogen-bond donors (Lipinski definition) is 2. The summed E-state index contributed by atoms with van der Waals surface area (Å²) in [5.41, 5.74) is 0. The zero-order valence-corrected chi connectivity index (χ0v) is 68.0. The zero-order chi connectivity index (χ0) is 73.3. The molecule has 594 valence electrons. The molecule has 12 heteroatoms. The van der Waals surface area contributed by atoms with Crippen LogP contribution in [0.1, 0.15) is 441 Å². The van der Waals surface area contributed by atoms with E-state index in [1.54, 1.807) is 0 Å². The molecule has 0 aromatic carbocycles. The summed E-state index contributed by atoms with van der Waals surface area (Å²) in [7, 11) is 0. The van der Waals surface area contributed by atoms with Crippen molar-refractivity contribution >= 4 is 23.9 Å². The fourth-order valence-corrected chi connectivity index (χ4v) is 15.2. The normalized spacial score (nSPS) is 13.6. The molecule has 12 nitrogen and oxygen atoms in total. The Morgan fingerprint density at radius 3 is 0.960 bits per heavy atom. The number of aliphatic hydroxyl groups excluding tert-OH is 2. The van der Waals surface area contributed by atoms with Crippen LogP contribution in [0.3, 0.4) is 0 Å². The van der Waals surface area contributed by atoms with Gasteiger partial charge in [-0.25, -0.2) is 0 Å². The lowest BCUT2D eigenvalue weighted by Gasteiger charge is -2.30. The highest BCUT2D eigenvalue weighted by Crippen LogP contribution is 2.33. The fraction of sp³-hybridized carbons (Fsp3) is 0.955. The topological polar surface area (TPSA) is 152 Å². The minimum atomic E-state index is -0.122. The minimum absolute atomic E-state index is 0.00842. The van der Waals surface area contributed by atoms with E-state index >= 15 is 0 Å². The second-order valence-electron chi connectivity index (χ2n) is 31.1. The molecule has 0 fully saturated rings. The molecular formula is C88H172N2O10. The maximum absolute atomic E-state index is 13.4. The van der Waals surface area contributed by atoms with Crippen LogP contribution >= 0.6 is 0 Å². The third-order valence-electron chi connectivity index (χ3n) is 21.7. The number of hydrogen-bond acceptors (Lipinski definition) is 12. The Bertz CT molecular complexity index is 1740. The number of unbranched alkanes of at least 4 members (excludes halogenated alkanes) is 33. The van der Waals surface area contributed by atoms with Gasteiger partial charge in [-0.1, -0.05) is 319 Å². The molecular weight excluding hydrogens is 1240 g/mol. The number of esters is 4. The van der Waals surface area contributed by atoms with Gasteiger partial charge < -0.3 is 39.0 Å². The molecule has 0 aliphatic heterocycles. The van der Waals surface area contributed by atoms with E-state index in [9.17, 15) is 29.4 Å². The fourth-order valence-electron chi connectivity index (χ4n) is 15.2. The van der Waals surface area contributed by atoms with E-state index in [4.69, 9.17) is 18.9 Å². The summed E-state index contributed by atoms with van der Waals surface area (Å²) in [6.07, 6.45) is 67.0. The Kier molecular flexibility index (Phi) is 74.6. The van der Waals surface area contributed by atoms with Crippen LogP contribution in [0.4, 0.5) is 0 Å². The molecule has 0 aromatic heterocycles. The third kappa shape index (κ3) is 64.1. The first-order valence-electron chi connectivity index (χ1n) is 44.3. The molecule has 0 amide bonds. The van der Waals surface area contributed by atoms with E-state index in [1.165, 1.54) is 180 Å². The first-order chi connectivity index (χ1) is 49.0. The van der Waals surface area contributed by atoms with Crippen molar-refractivity contribution in [1.82, 2.24) is 9.80 Å². The molecule has 0 saturated heterocycles. The summed E-state index contributed by atoms with van der Waals surface area (Å²) in [5, 5.41) is 19.7. The minimum Gasteiger partial charge on any atom is -0.465 e. The van der Waals surface area contributed by atoms with Crippen LogP contribution in [0.15, 0.2) is 0 Å². The molecule has 2 N–H and O–H groups in total. The molecule has 100 heavy (non-hydrogen) atoms. The van der Waals surface area contributed by atoms with Crippen LogP contribution in [0.5, 0.6) is 0 Å². The molecule has 0 bridgehead atoms. The highest BCUT2D eigenvalue weighted by Gasteiger charge is 2.26. The summed E-state index contributed by atoms with van der Waals surface area (Å²) in [6.45, 7) is 24.0. The maximum atomic E-state index is 13.4. The first kappa shape index (κ1) is 97.7. The van der Waals surface area contributed by atoms with Crippen molar-refractivity contribution in [2.45, 2.75) is 453 Å². The number of carbonyl (C=O) groups excluding carboxylic acids is 4. The molecule has 0 radical (unpaired) electrons. The Balaban J connectivity index is 5.09. The molecule has 6 unspecified atom stereocenters. The predicted octanol–water partition coefficient (Wildman–Crippen LogP) is 24.5. The summed E-state index contributed by atoms with van der Waals surface area (Å²) in [6, 6.07) is 0. The average molecular weight is 1420 g/mol. The highest BCUT2D eigenvalue weighted by molar-refractivity contribution is 5.70. The standard InChI is InChI=1S/C88H172N2O10/c1-9-17-23-26-29-31-36-45-57-79(56-44-35-28-25-19-11-3)77-97-85(93)66-53-70-90(73-75-92)71-54-67-86(94)98-78-80(58-46-37-32-30-27-24-18-10-2)59-47-42-48-60-81(16-8)82(55-15-7)76-84(62-22-14-6)100-88(96)65-50-39-34-41-52-69-89(72-74-91)68-51-40-33-38-49-64-87(95)99-83(61-21-13-5)63-43-20-12-4/h79-84,91-92H,9-78H2,1-8H3. The maximum Gasteiger partial charge on any atom is 0.306 e. The van der Waals surface area contributed by atoms with Gasteiger partial charge >= 0.3 is 23.9 Å². The van der Waals surface area contributed by atoms with Crippen molar-refractivity contribution in [3.8, 4) is 0 Å². The van der Waals surface area contributed by atoms with Crippen LogP contribution in [0.25, 0.3) is 0 Å². The van der Waals surface area contributed by atoms with E-state index in [1.807, 2.05) is 0 Å².